The van der Waals surface area contributed by atoms with Crippen LogP contribution in [-0.4, -0.2) is 28.0 Å². The van der Waals surface area contributed by atoms with Crippen LogP contribution in [0, 0.1) is 6.92 Å². The lowest BCUT2D eigenvalue weighted by Crippen LogP contribution is -2.23. The van der Waals surface area contributed by atoms with Gasteiger partial charge in [-0.15, -0.1) is 0 Å². The van der Waals surface area contributed by atoms with Crippen molar-refractivity contribution < 1.29 is 23.5 Å². The number of hydrogen-bond acceptors (Lipinski definition) is 7. The lowest BCUT2D eigenvalue weighted by molar-refractivity contribution is -0.119. The van der Waals surface area contributed by atoms with Gasteiger partial charge in [0, 0.05) is 7.05 Å². The predicted molar refractivity (Wildman–Crippen MR) is 116 cm³/mol. The predicted octanol–water partition coefficient (Wildman–Crippen LogP) is 3.42. The lowest BCUT2D eigenvalue weighted by Gasteiger charge is -2.12. The van der Waals surface area contributed by atoms with Crippen molar-refractivity contribution in [2.24, 2.45) is 7.05 Å². The first-order valence-corrected chi connectivity index (χ1v) is 9.67. The Morgan fingerprint density at radius 2 is 1.81 bits per heavy atom. The summed E-state index contributed by atoms with van der Waals surface area (Å²) in [6.45, 7) is 0.958. The van der Waals surface area contributed by atoms with Crippen LogP contribution in [0.3, 0.4) is 0 Å². The van der Waals surface area contributed by atoms with E-state index in [0.717, 1.165) is 0 Å². The topological polar surface area (TPSA) is 113 Å². The normalized spacial score (nSPS) is 10.7. The van der Waals surface area contributed by atoms with E-state index in [2.05, 4.69) is 10.3 Å². The van der Waals surface area contributed by atoms with Gasteiger partial charge < -0.3 is 23.8 Å². The number of nitrogens with one attached hydrogen (secondary N) is 1. The van der Waals surface area contributed by atoms with Crippen LogP contribution in [0.15, 0.2) is 70.1 Å². The summed E-state index contributed by atoms with van der Waals surface area (Å²) in [7, 11) is 1.51. The number of esters is 1. The first-order chi connectivity index (χ1) is 15.4. The van der Waals surface area contributed by atoms with E-state index in [1.165, 1.54) is 24.9 Å². The molecule has 0 spiro atoms. The van der Waals surface area contributed by atoms with Crippen molar-refractivity contribution in [3.05, 3.63) is 82.6 Å². The molecule has 162 valence electrons. The summed E-state index contributed by atoms with van der Waals surface area (Å²) < 4.78 is 17.6. The first kappa shape index (κ1) is 20.9. The lowest BCUT2D eigenvalue weighted by atomic mass is 10.2. The van der Waals surface area contributed by atoms with Crippen LogP contribution in [0.1, 0.15) is 16.1 Å². The van der Waals surface area contributed by atoms with Crippen molar-refractivity contribution in [3.63, 3.8) is 0 Å². The van der Waals surface area contributed by atoms with E-state index in [1.807, 2.05) is 18.2 Å². The van der Waals surface area contributed by atoms with Gasteiger partial charge in [0.2, 0.25) is 5.71 Å². The molecule has 9 heteroatoms. The van der Waals surface area contributed by atoms with E-state index in [0.29, 0.717) is 17.2 Å². The second-order valence-corrected chi connectivity index (χ2v) is 6.91. The number of para-hydroxylation sites is 3. The molecule has 0 saturated carbocycles. The molecule has 0 unspecified atom stereocenters. The van der Waals surface area contributed by atoms with Crippen molar-refractivity contribution in [2.45, 2.75) is 6.92 Å². The number of hydrogen-bond donors (Lipinski definition) is 1. The van der Waals surface area contributed by atoms with Crippen molar-refractivity contribution >= 4 is 28.7 Å². The summed E-state index contributed by atoms with van der Waals surface area (Å²) in [6, 6.07) is 16.0. The van der Waals surface area contributed by atoms with Gasteiger partial charge in [0.25, 0.3) is 11.5 Å². The Labute approximate surface area is 182 Å². The minimum absolute atomic E-state index is 0.0134. The Balaban J connectivity index is 1.46. The number of fused-ring (bicyclic) bond motifs is 1. The average molecular weight is 433 g/mol. The molecule has 0 fully saturated rings. The molecular weight excluding hydrogens is 414 g/mol. The number of rotatable bonds is 6. The van der Waals surface area contributed by atoms with Crippen LogP contribution in [-0.2, 0) is 16.6 Å². The molecule has 1 amide bonds. The van der Waals surface area contributed by atoms with Gasteiger partial charge in [-0.25, -0.2) is 9.78 Å². The van der Waals surface area contributed by atoms with E-state index in [1.54, 1.807) is 36.4 Å². The average Bonchev–Trinajstić information content (AvgIpc) is 3.13. The van der Waals surface area contributed by atoms with Crippen molar-refractivity contribution in [2.75, 3.05) is 11.9 Å². The number of benzene rings is 2. The summed E-state index contributed by atoms with van der Waals surface area (Å²) in [5.74, 6) is -0.195. The fourth-order valence-corrected chi connectivity index (χ4v) is 3.10. The second kappa shape index (κ2) is 8.76. The van der Waals surface area contributed by atoms with E-state index >= 15 is 0 Å². The molecule has 32 heavy (non-hydrogen) atoms. The molecule has 1 N–H and O–H groups in total. The number of furan rings is 1. The van der Waals surface area contributed by atoms with Gasteiger partial charge in [0.1, 0.15) is 28.8 Å². The zero-order valence-electron chi connectivity index (χ0n) is 17.3. The highest BCUT2D eigenvalue weighted by Gasteiger charge is 2.24. The number of ether oxygens (including phenoxy) is 2. The fraction of sp³-hybridized carbons (Fsp3) is 0.130. The third kappa shape index (κ3) is 4.22. The minimum atomic E-state index is -0.852. The van der Waals surface area contributed by atoms with Gasteiger partial charge >= 0.3 is 5.97 Å². The quantitative estimate of drug-likeness (QED) is 0.464. The molecule has 4 aromatic rings. The third-order valence-electron chi connectivity index (χ3n) is 4.62. The highest BCUT2D eigenvalue weighted by atomic mass is 16.5. The SMILES string of the molecule is Cc1oc2ncn(C)c(=O)c2c1C(=O)OCC(=O)Nc1ccccc1Oc1ccccc1. The zero-order valence-corrected chi connectivity index (χ0v) is 17.3. The van der Waals surface area contributed by atoms with Gasteiger partial charge in [0.15, 0.2) is 12.4 Å². The maximum absolute atomic E-state index is 12.6. The van der Waals surface area contributed by atoms with Gasteiger partial charge in [-0.1, -0.05) is 30.3 Å². The number of aromatic nitrogens is 2. The third-order valence-corrected chi connectivity index (χ3v) is 4.62. The van der Waals surface area contributed by atoms with E-state index in [-0.39, 0.29) is 22.4 Å². The van der Waals surface area contributed by atoms with Crippen LogP contribution in [0.4, 0.5) is 5.69 Å². The molecule has 0 saturated heterocycles. The van der Waals surface area contributed by atoms with Crippen LogP contribution < -0.4 is 15.6 Å². The van der Waals surface area contributed by atoms with Crippen LogP contribution >= 0.6 is 0 Å². The summed E-state index contributed by atoms with van der Waals surface area (Å²) >= 11 is 0. The van der Waals surface area contributed by atoms with E-state index in [9.17, 15) is 14.4 Å². The maximum Gasteiger partial charge on any atom is 0.343 e. The zero-order chi connectivity index (χ0) is 22.7. The Morgan fingerprint density at radius 3 is 2.59 bits per heavy atom. The molecule has 2 aromatic heterocycles. The summed E-state index contributed by atoms with van der Waals surface area (Å²) in [6.07, 6.45) is 1.30. The van der Waals surface area contributed by atoms with E-state index < -0.39 is 24.0 Å². The first-order valence-electron chi connectivity index (χ1n) is 9.67. The number of carbonyl (C=O) groups excluding carboxylic acids is 2. The smallest absolute Gasteiger partial charge is 0.343 e. The van der Waals surface area contributed by atoms with Crippen molar-refractivity contribution in [1.82, 2.24) is 9.55 Å². The molecule has 2 aromatic carbocycles. The van der Waals surface area contributed by atoms with Gasteiger partial charge in [-0.05, 0) is 31.2 Å². The van der Waals surface area contributed by atoms with Crippen LogP contribution in [0.5, 0.6) is 11.5 Å². The van der Waals surface area contributed by atoms with Crippen molar-refractivity contribution in [1.29, 1.82) is 0 Å². The van der Waals surface area contributed by atoms with Gasteiger partial charge in [0.05, 0.1) is 5.69 Å². The van der Waals surface area contributed by atoms with Crippen molar-refractivity contribution in [3.8, 4) is 11.5 Å². The largest absolute Gasteiger partial charge is 0.455 e. The van der Waals surface area contributed by atoms with Crippen LogP contribution in [0.2, 0.25) is 0 Å². The summed E-state index contributed by atoms with van der Waals surface area (Å²) in [5, 5.41) is 2.67. The molecule has 2 heterocycles. The number of amides is 1. The number of aryl methyl sites for hydroxylation is 2. The Kier molecular flexibility index (Phi) is 5.71. The molecule has 0 aliphatic rings. The molecule has 0 aliphatic heterocycles. The minimum Gasteiger partial charge on any atom is -0.455 e. The van der Waals surface area contributed by atoms with Crippen LogP contribution in [0.25, 0.3) is 11.1 Å². The van der Waals surface area contributed by atoms with Gasteiger partial charge in [-0.2, -0.15) is 0 Å². The fourth-order valence-electron chi connectivity index (χ4n) is 3.10. The second-order valence-electron chi connectivity index (χ2n) is 6.91. The Hall–Kier alpha value is -4.40. The van der Waals surface area contributed by atoms with Gasteiger partial charge in [-0.3, -0.25) is 9.59 Å². The molecule has 4 rings (SSSR count). The standard InChI is InChI=1S/C23H19N3O6/c1-14-19(20-21(31-14)24-13-26(2)22(20)28)23(29)30-12-18(27)25-16-10-6-7-11-17(16)32-15-8-4-3-5-9-15/h3-11,13H,12H2,1-2H3,(H,25,27). The molecular formula is C23H19N3O6. The van der Waals surface area contributed by atoms with E-state index in [4.69, 9.17) is 13.9 Å². The molecule has 0 atom stereocenters. The highest BCUT2D eigenvalue weighted by Crippen LogP contribution is 2.29. The maximum atomic E-state index is 12.6. The molecule has 0 radical (unpaired) electrons. The number of nitrogens with zero attached hydrogens (tertiary/aromatic N) is 2. The number of anilines is 1. The Bertz CT molecular complexity index is 1360. The Morgan fingerprint density at radius 1 is 1.09 bits per heavy atom. The summed E-state index contributed by atoms with van der Waals surface area (Å²) in [5.41, 5.74) is -0.0426. The number of carbonyl (C=O) groups is 2. The summed E-state index contributed by atoms with van der Waals surface area (Å²) in [4.78, 5) is 41.4. The monoisotopic (exact) mass is 433 g/mol. The highest BCUT2D eigenvalue weighted by molar-refractivity contribution is 6.04. The molecule has 0 bridgehead atoms. The molecule has 9 nitrogen and oxygen atoms in total. The molecule has 0 aliphatic carbocycles.